The summed E-state index contributed by atoms with van der Waals surface area (Å²) in [6.45, 7) is 4.59. The molecule has 104 valence electrons. The monoisotopic (exact) mass is 283 g/mol. The van der Waals surface area contributed by atoms with Crippen molar-refractivity contribution in [2.45, 2.75) is 32.9 Å². The maximum Gasteiger partial charge on any atom is 0.323 e. The van der Waals surface area contributed by atoms with Gasteiger partial charge >= 0.3 is 5.97 Å². The summed E-state index contributed by atoms with van der Waals surface area (Å²) in [6.07, 6.45) is 0.827. The van der Waals surface area contributed by atoms with Gasteiger partial charge in [-0.05, 0) is 25.5 Å². The third kappa shape index (κ3) is 3.13. The quantitative estimate of drug-likeness (QED) is 0.914. The Morgan fingerprint density at radius 2 is 2.26 bits per heavy atom. The Morgan fingerprint density at radius 1 is 1.53 bits per heavy atom. The molecule has 0 aromatic carbocycles. The van der Waals surface area contributed by atoms with Crippen LogP contribution in [0.5, 0.6) is 0 Å². The van der Waals surface area contributed by atoms with Gasteiger partial charge in [0, 0.05) is 17.3 Å². The van der Waals surface area contributed by atoms with E-state index in [2.05, 4.69) is 0 Å². The zero-order valence-corrected chi connectivity index (χ0v) is 11.8. The van der Waals surface area contributed by atoms with E-state index in [1.165, 1.54) is 21.1 Å². The second-order valence-corrected chi connectivity index (χ2v) is 5.92. The van der Waals surface area contributed by atoms with E-state index in [4.69, 9.17) is 9.84 Å². The fourth-order valence-corrected chi connectivity index (χ4v) is 3.13. The number of carboxylic acids is 1. The number of nitrogens with zero attached hydrogens (tertiary/aromatic N) is 1. The van der Waals surface area contributed by atoms with Gasteiger partial charge in [-0.25, -0.2) is 0 Å². The van der Waals surface area contributed by atoms with Crippen LogP contribution in [-0.4, -0.2) is 41.1 Å². The van der Waals surface area contributed by atoms with Crippen molar-refractivity contribution in [2.75, 3.05) is 13.2 Å². The Labute approximate surface area is 115 Å². The molecular weight excluding hydrogens is 266 g/mol. The topological polar surface area (TPSA) is 66.8 Å². The molecule has 1 aromatic rings. The van der Waals surface area contributed by atoms with Gasteiger partial charge in [-0.3, -0.25) is 9.59 Å². The number of hydrogen-bond acceptors (Lipinski definition) is 4. The molecule has 1 amide bonds. The number of aliphatic carboxylic acids is 1. The molecule has 1 aromatic heterocycles. The highest BCUT2D eigenvalue weighted by atomic mass is 32.1. The zero-order valence-electron chi connectivity index (χ0n) is 11.0. The summed E-state index contributed by atoms with van der Waals surface area (Å²) in [6, 6.07) is 1.69. The molecule has 2 rings (SSSR count). The van der Waals surface area contributed by atoms with Gasteiger partial charge in [0.15, 0.2) is 0 Å². The Balaban J connectivity index is 2.21. The van der Waals surface area contributed by atoms with E-state index in [1.807, 2.05) is 19.9 Å². The fourth-order valence-electron chi connectivity index (χ4n) is 2.03. The van der Waals surface area contributed by atoms with Crippen LogP contribution in [0.25, 0.3) is 0 Å². The van der Waals surface area contributed by atoms with E-state index < -0.39 is 5.97 Å². The maximum absolute atomic E-state index is 12.4. The summed E-state index contributed by atoms with van der Waals surface area (Å²) in [4.78, 5) is 26.4. The minimum atomic E-state index is -0.994. The Hall–Kier alpha value is -1.40. The highest BCUT2D eigenvalue weighted by Gasteiger charge is 2.25. The molecule has 1 N–H and O–H groups in total. The van der Waals surface area contributed by atoms with E-state index in [0.717, 1.165) is 12.0 Å². The van der Waals surface area contributed by atoms with E-state index in [0.29, 0.717) is 18.1 Å². The molecule has 0 fully saturated rings. The van der Waals surface area contributed by atoms with Crippen molar-refractivity contribution < 1.29 is 19.4 Å². The lowest BCUT2D eigenvalue weighted by Gasteiger charge is -2.24. The van der Waals surface area contributed by atoms with Crippen LogP contribution in [0.2, 0.25) is 0 Å². The van der Waals surface area contributed by atoms with Crippen molar-refractivity contribution in [2.24, 2.45) is 0 Å². The molecule has 19 heavy (non-hydrogen) atoms. The van der Waals surface area contributed by atoms with Crippen molar-refractivity contribution in [1.29, 1.82) is 0 Å². The lowest BCUT2D eigenvalue weighted by Crippen LogP contribution is -2.40. The molecule has 1 aliphatic rings. The molecule has 0 aliphatic carbocycles. The molecule has 0 saturated heterocycles. The normalized spacial score (nSPS) is 14.3. The molecule has 0 unspecified atom stereocenters. The molecule has 1 aliphatic heterocycles. The smallest absolute Gasteiger partial charge is 0.323 e. The third-order valence-corrected chi connectivity index (χ3v) is 4.25. The van der Waals surface area contributed by atoms with Gasteiger partial charge in [0.05, 0.1) is 18.1 Å². The molecule has 5 nitrogen and oxygen atoms in total. The fraction of sp³-hybridized carbons (Fsp3) is 0.538. The maximum atomic E-state index is 12.4. The number of thiophene rings is 1. The average Bonchev–Trinajstić information content (AvgIpc) is 2.78. The van der Waals surface area contributed by atoms with Gasteiger partial charge in [0.1, 0.15) is 6.54 Å². The highest BCUT2D eigenvalue weighted by Crippen LogP contribution is 2.28. The van der Waals surface area contributed by atoms with E-state index in [-0.39, 0.29) is 18.5 Å². The second-order valence-electron chi connectivity index (χ2n) is 4.78. The Bertz CT molecular complexity index is 471. The molecule has 0 atom stereocenters. The molecule has 0 radical (unpaired) electrons. The van der Waals surface area contributed by atoms with Crippen LogP contribution < -0.4 is 0 Å². The first-order chi connectivity index (χ1) is 8.99. The minimum Gasteiger partial charge on any atom is -0.480 e. The van der Waals surface area contributed by atoms with Crippen molar-refractivity contribution in [3.8, 4) is 0 Å². The number of carboxylic acid groups (broad SMARTS) is 1. The molecular formula is C13H17NO4S. The van der Waals surface area contributed by atoms with Crippen molar-refractivity contribution in [3.63, 3.8) is 0 Å². The predicted octanol–water partition coefficient (Wildman–Crippen LogP) is 1.76. The highest BCUT2D eigenvalue weighted by molar-refractivity contribution is 7.14. The van der Waals surface area contributed by atoms with Gasteiger partial charge in [-0.15, -0.1) is 11.3 Å². The first-order valence-corrected chi connectivity index (χ1v) is 7.02. The number of rotatable bonds is 4. The van der Waals surface area contributed by atoms with Gasteiger partial charge < -0.3 is 14.7 Å². The van der Waals surface area contributed by atoms with Gasteiger partial charge in [0.25, 0.3) is 5.91 Å². The van der Waals surface area contributed by atoms with E-state index in [1.54, 1.807) is 0 Å². The zero-order chi connectivity index (χ0) is 14.0. The number of ether oxygens (including phenoxy) is 1. The van der Waals surface area contributed by atoms with Gasteiger partial charge in [-0.2, -0.15) is 0 Å². The summed E-state index contributed by atoms with van der Waals surface area (Å²) in [5.74, 6) is -1.21. The first-order valence-electron chi connectivity index (χ1n) is 6.21. The molecule has 0 saturated carbocycles. The SMILES string of the molecule is CC(C)N(CC(=O)O)C(=O)c1cc2c(s1)CCOC2. The third-order valence-electron chi connectivity index (χ3n) is 3.03. The van der Waals surface area contributed by atoms with Gasteiger partial charge in [0.2, 0.25) is 0 Å². The van der Waals surface area contributed by atoms with Crippen LogP contribution in [-0.2, 0) is 22.6 Å². The van der Waals surface area contributed by atoms with Gasteiger partial charge in [-0.1, -0.05) is 0 Å². The van der Waals surface area contributed by atoms with Crippen molar-refractivity contribution in [3.05, 3.63) is 21.4 Å². The number of amides is 1. The summed E-state index contributed by atoms with van der Waals surface area (Å²) >= 11 is 1.45. The predicted molar refractivity (Wildman–Crippen MR) is 71.5 cm³/mol. The standard InChI is InChI=1S/C13H17NO4S/c1-8(2)14(6-12(15)16)13(17)11-5-9-7-18-4-3-10(9)19-11/h5,8H,3-4,6-7H2,1-2H3,(H,15,16). The van der Waals surface area contributed by atoms with Crippen LogP contribution in [0.1, 0.15) is 34.0 Å². The van der Waals surface area contributed by atoms with Crippen molar-refractivity contribution in [1.82, 2.24) is 4.90 Å². The van der Waals surface area contributed by atoms with Crippen LogP contribution in [0.15, 0.2) is 6.07 Å². The second kappa shape index (κ2) is 5.71. The lowest BCUT2D eigenvalue weighted by molar-refractivity contribution is -0.138. The molecule has 0 bridgehead atoms. The molecule has 0 spiro atoms. The number of hydrogen-bond donors (Lipinski definition) is 1. The summed E-state index contributed by atoms with van der Waals surface area (Å²) in [5.41, 5.74) is 1.05. The average molecular weight is 283 g/mol. The van der Waals surface area contributed by atoms with Crippen LogP contribution in [0.3, 0.4) is 0 Å². The molecule has 2 heterocycles. The van der Waals surface area contributed by atoms with E-state index >= 15 is 0 Å². The summed E-state index contributed by atoms with van der Waals surface area (Å²) in [7, 11) is 0. The largest absolute Gasteiger partial charge is 0.480 e. The number of carbonyl (C=O) groups is 2. The Kier molecular flexibility index (Phi) is 4.21. The van der Waals surface area contributed by atoms with E-state index in [9.17, 15) is 9.59 Å². The summed E-state index contributed by atoms with van der Waals surface area (Å²) < 4.78 is 5.35. The minimum absolute atomic E-state index is 0.140. The number of carbonyl (C=O) groups excluding carboxylic acids is 1. The van der Waals surface area contributed by atoms with Crippen LogP contribution in [0, 0.1) is 0 Å². The first kappa shape index (κ1) is 14.0. The van der Waals surface area contributed by atoms with Crippen LogP contribution in [0.4, 0.5) is 0 Å². The van der Waals surface area contributed by atoms with Crippen LogP contribution >= 0.6 is 11.3 Å². The molecule has 6 heteroatoms. The Morgan fingerprint density at radius 3 is 2.84 bits per heavy atom. The summed E-state index contributed by atoms with van der Waals surface area (Å²) in [5, 5.41) is 8.88. The number of fused-ring (bicyclic) bond motifs is 1. The lowest BCUT2D eigenvalue weighted by atomic mass is 10.2. The van der Waals surface area contributed by atoms with Crippen molar-refractivity contribution >= 4 is 23.2 Å².